The molecule has 4 rings (SSSR count). The largest absolute Gasteiger partial charge is 0.495 e. The van der Waals surface area contributed by atoms with Gasteiger partial charge in [0.15, 0.2) is 11.2 Å². The highest BCUT2D eigenvalue weighted by molar-refractivity contribution is 5.77. The van der Waals surface area contributed by atoms with Gasteiger partial charge in [-0.2, -0.15) is 4.98 Å². The number of imidazole rings is 2. The number of methoxy groups -OCH3 is 1. The molecule has 0 saturated heterocycles. The van der Waals surface area contributed by atoms with Crippen LogP contribution < -0.4 is 16.0 Å². The predicted octanol–water partition coefficient (Wildman–Crippen LogP) is 2.42. The second-order valence-electron chi connectivity index (χ2n) is 7.75. The fourth-order valence-corrected chi connectivity index (χ4v) is 3.88. The Morgan fingerprint density at radius 2 is 1.79 bits per heavy atom. The lowest BCUT2D eigenvalue weighted by Gasteiger charge is -2.11. The molecule has 1 aromatic carbocycles. The molecule has 0 bridgehead atoms. The van der Waals surface area contributed by atoms with Gasteiger partial charge in [0.1, 0.15) is 5.75 Å². The topological polar surface area (TPSA) is 75.5 Å². The maximum atomic E-state index is 13.3. The second kappa shape index (κ2) is 6.65. The lowest BCUT2D eigenvalue weighted by molar-refractivity contribution is 0.413. The average molecular weight is 395 g/mol. The Kier molecular flexibility index (Phi) is 4.37. The third kappa shape index (κ3) is 2.62. The van der Waals surface area contributed by atoms with Gasteiger partial charge in [-0.05, 0) is 31.9 Å². The highest BCUT2D eigenvalue weighted by atomic mass is 16.5. The van der Waals surface area contributed by atoms with Gasteiger partial charge in [-0.3, -0.25) is 22.9 Å². The molecule has 152 valence electrons. The van der Waals surface area contributed by atoms with Gasteiger partial charge in [0, 0.05) is 25.0 Å². The Balaban J connectivity index is 2.19. The molecule has 0 atom stereocenters. The van der Waals surface area contributed by atoms with E-state index in [1.165, 1.54) is 9.13 Å². The summed E-state index contributed by atoms with van der Waals surface area (Å²) >= 11 is 0. The first-order chi connectivity index (χ1) is 13.8. The van der Waals surface area contributed by atoms with E-state index in [1.54, 1.807) is 14.2 Å². The highest BCUT2D eigenvalue weighted by Gasteiger charge is 2.24. The number of nitrogens with zero attached hydrogens (tertiary/aromatic N) is 5. The van der Waals surface area contributed by atoms with Gasteiger partial charge >= 0.3 is 5.69 Å². The molecule has 29 heavy (non-hydrogen) atoms. The minimum atomic E-state index is -0.352. The van der Waals surface area contributed by atoms with Crippen LogP contribution in [0.25, 0.3) is 22.6 Å². The van der Waals surface area contributed by atoms with Gasteiger partial charge in [0.2, 0.25) is 5.78 Å². The molecule has 0 amide bonds. The average Bonchev–Trinajstić information content (AvgIpc) is 3.19. The van der Waals surface area contributed by atoms with E-state index in [1.807, 2.05) is 60.9 Å². The normalized spacial score (nSPS) is 11.8. The van der Waals surface area contributed by atoms with Crippen LogP contribution in [0, 0.1) is 19.8 Å². The van der Waals surface area contributed by atoms with E-state index in [9.17, 15) is 9.59 Å². The van der Waals surface area contributed by atoms with Crippen molar-refractivity contribution in [3.8, 4) is 11.4 Å². The maximum absolute atomic E-state index is 13.3. The van der Waals surface area contributed by atoms with Crippen LogP contribution in [-0.2, 0) is 13.6 Å². The first-order valence-corrected chi connectivity index (χ1v) is 9.61. The van der Waals surface area contributed by atoms with Crippen LogP contribution >= 0.6 is 0 Å². The number of rotatable bonds is 4. The number of aromatic nitrogens is 5. The third-order valence-electron chi connectivity index (χ3n) is 5.39. The highest BCUT2D eigenvalue weighted by Crippen LogP contribution is 2.29. The number of hydrogen-bond donors (Lipinski definition) is 0. The molecule has 0 aliphatic rings. The molecule has 3 aromatic heterocycles. The van der Waals surface area contributed by atoms with Crippen LogP contribution in [0.4, 0.5) is 0 Å². The number of ether oxygens (including phenoxy) is 1. The second-order valence-corrected chi connectivity index (χ2v) is 7.75. The molecule has 8 heteroatoms. The van der Waals surface area contributed by atoms with E-state index < -0.39 is 0 Å². The standard InChI is InChI=1S/C21H25N5O3/c1-12(2)11-24-19(27)17-18(23(5)21(24)28)22-20-25(13(3)14(4)26(17)20)15-9-7-8-10-16(15)29-6/h7-10,12H,11H2,1-6H3. The maximum Gasteiger partial charge on any atom is 0.332 e. The fraction of sp³-hybridized carbons (Fsp3) is 0.381. The summed E-state index contributed by atoms with van der Waals surface area (Å²) in [5.41, 5.74) is 2.79. The Morgan fingerprint density at radius 1 is 1.10 bits per heavy atom. The Morgan fingerprint density at radius 3 is 2.45 bits per heavy atom. The quantitative estimate of drug-likeness (QED) is 0.532. The van der Waals surface area contributed by atoms with Crippen LogP contribution in [0.2, 0.25) is 0 Å². The minimum Gasteiger partial charge on any atom is -0.495 e. The van der Waals surface area contributed by atoms with Crippen LogP contribution in [0.3, 0.4) is 0 Å². The van der Waals surface area contributed by atoms with E-state index in [-0.39, 0.29) is 17.2 Å². The van der Waals surface area contributed by atoms with Crippen LogP contribution in [0.5, 0.6) is 5.75 Å². The number of benzene rings is 1. The molecular formula is C21H25N5O3. The molecule has 0 fully saturated rings. The molecule has 8 nitrogen and oxygen atoms in total. The molecule has 4 aromatic rings. The monoisotopic (exact) mass is 395 g/mol. The van der Waals surface area contributed by atoms with Crippen molar-refractivity contribution >= 4 is 16.9 Å². The van der Waals surface area contributed by atoms with Crippen molar-refractivity contribution in [3.63, 3.8) is 0 Å². The van der Waals surface area contributed by atoms with E-state index in [0.29, 0.717) is 29.2 Å². The SMILES string of the molecule is COc1ccccc1-n1c(C)c(C)n2c3c(=O)n(CC(C)C)c(=O)n(C)c3nc12. The number of hydrogen-bond acceptors (Lipinski definition) is 4. The van der Waals surface area contributed by atoms with Crippen LogP contribution in [0.15, 0.2) is 33.9 Å². The smallest absolute Gasteiger partial charge is 0.332 e. The lowest BCUT2D eigenvalue weighted by Crippen LogP contribution is -2.40. The summed E-state index contributed by atoms with van der Waals surface area (Å²) < 4.78 is 12.1. The van der Waals surface area contributed by atoms with Crippen molar-refractivity contribution < 1.29 is 4.74 Å². The summed E-state index contributed by atoms with van der Waals surface area (Å²) in [7, 11) is 3.28. The van der Waals surface area contributed by atoms with Gasteiger partial charge < -0.3 is 4.74 Å². The predicted molar refractivity (Wildman–Crippen MR) is 112 cm³/mol. The zero-order valence-electron chi connectivity index (χ0n) is 17.6. The summed E-state index contributed by atoms with van der Waals surface area (Å²) in [6, 6.07) is 7.66. The van der Waals surface area contributed by atoms with Crippen molar-refractivity contribution in [2.45, 2.75) is 34.2 Å². The molecule has 0 aliphatic heterocycles. The lowest BCUT2D eigenvalue weighted by atomic mass is 10.2. The zero-order valence-corrected chi connectivity index (χ0v) is 17.6. The van der Waals surface area contributed by atoms with Crippen molar-refractivity contribution in [1.82, 2.24) is 23.1 Å². The first kappa shape index (κ1) is 19.0. The molecule has 0 unspecified atom stereocenters. The fourth-order valence-electron chi connectivity index (χ4n) is 3.88. The first-order valence-electron chi connectivity index (χ1n) is 9.61. The van der Waals surface area contributed by atoms with Crippen molar-refractivity contribution in [2.24, 2.45) is 13.0 Å². The van der Waals surface area contributed by atoms with Crippen molar-refractivity contribution in [2.75, 3.05) is 7.11 Å². The Bertz CT molecular complexity index is 1370. The zero-order chi connectivity index (χ0) is 21.0. The van der Waals surface area contributed by atoms with Crippen molar-refractivity contribution in [1.29, 1.82) is 0 Å². The Hall–Kier alpha value is -3.29. The number of para-hydroxylation sites is 2. The third-order valence-corrected chi connectivity index (χ3v) is 5.39. The summed E-state index contributed by atoms with van der Waals surface area (Å²) in [6.45, 7) is 8.26. The van der Waals surface area contributed by atoms with E-state index in [2.05, 4.69) is 0 Å². The summed E-state index contributed by atoms with van der Waals surface area (Å²) in [4.78, 5) is 30.8. The van der Waals surface area contributed by atoms with Gasteiger partial charge in [0.05, 0.1) is 12.8 Å². The summed E-state index contributed by atoms with van der Waals surface area (Å²) in [6.07, 6.45) is 0. The van der Waals surface area contributed by atoms with E-state index in [4.69, 9.17) is 9.72 Å². The number of aryl methyl sites for hydroxylation is 2. The molecule has 0 spiro atoms. The Labute approximate surface area is 167 Å². The van der Waals surface area contributed by atoms with Crippen LogP contribution in [-0.4, -0.2) is 30.2 Å². The molecule has 3 heterocycles. The molecule has 0 aliphatic carbocycles. The molecular weight excluding hydrogens is 370 g/mol. The van der Waals surface area contributed by atoms with E-state index >= 15 is 0 Å². The molecule has 0 N–H and O–H groups in total. The number of fused-ring (bicyclic) bond motifs is 3. The van der Waals surface area contributed by atoms with Gasteiger partial charge in [-0.1, -0.05) is 26.0 Å². The molecule has 0 radical (unpaired) electrons. The van der Waals surface area contributed by atoms with E-state index in [0.717, 1.165) is 17.1 Å². The summed E-state index contributed by atoms with van der Waals surface area (Å²) in [5, 5.41) is 0. The minimum absolute atomic E-state index is 0.169. The van der Waals surface area contributed by atoms with Gasteiger partial charge in [-0.25, -0.2) is 4.79 Å². The molecule has 0 saturated carbocycles. The van der Waals surface area contributed by atoms with Gasteiger partial charge in [-0.15, -0.1) is 0 Å². The van der Waals surface area contributed by atoms with Crippen LogP contribution in [0.1, 0.15) is 25.2 Å². The van der Waals surface area contributed by atoms with Crippen molar-refractivity contribution in [3.05, 3.63) is 56.5 Å². The summed E-state index contributed by atoms with van der Waals surface area (Å²) in [5.74, 6) is 1.45. The van der Waals surface area contributed by atoms with Gasteiger partial charge in [0.25, 0.3) is 5.56 Å².